The van der Waals surface area contributed by atoms with Crippen LogP contribution in [0, 0.1) is 0 Å². The summed E-state index contributed by atoms with van der Waals surface area (Å²) in [5, 5.41) is 3.49. The first-order chi connectivity index (χ1) is 11.5. The number of rotatable bonds is 7. The van der Waals surface area contributed by atoms with Crippen molar-refractivity contribution in [3.05, 3.63) is 57.5 Å². The summed E-state index contributed by atoms with van der Waals surface area (Å²) < 4.78 is 6.69. The third-order valence-corrected chi connectivity index (χ3v) is 4.43. The maximum atomic E-state index is 11.9. The summed E-state index contributed by atoms with van der Waals surface area (Å²) in [6.45, 7) is 4.80. The maximum absolute atomic E-state index is 11.9. The van der Waals surface area contributed by atoms with Gasteiger partial charge in [0, 0.05) is 17.1 Å². The summed E-state index contributed by atoms with van der Waals surface area (Å²) >= 11 is 9.35. The van der Waals surface area contributed by atoms with E-state index in [2.05, 4.69) is 47.2 Å². The summed E-state index contributed by atoms with van der Waals surface area (Å²) in [5.74, 6) is 1.25. The zero-order chi connectivity index (χ0) is 17.5. The Bertz CT molecular complexity index is 686. The van der Waals surface area contributed by atoms with Crippen molar-refractivity contribution in [3.8, 4) is 5.75 Å². The minimum absolute atomic E-state index is 0.0323. The first kappa shape index (κ1) is 18.8. The Hall–Kier alpha value is -1.52. The molecule has 0 heterocycles. The van der Waals surface area contributed by atoms with Gasteiger partial charge < -0.3 is 10.1 Å². The predicted molar refractivity (Wildman–Crippen MR) is 103 cm³/mol. The van der Waals surface area contributed by atoms with E-state index in [0.29, 0.717) is 30.4 Å². The smallest absolute Gasteiger partial charge is 0.224 e. The third kappa shape index (κ3) is 5.84. The van der Waals surface area contributed by atoms with E-state index < -0.39 is 0 Å². The monoisotopic (exact) mass is 409 g/mol. The molecule has 0 saturated heterocycles. The van der Waals surface area contributed by atoms with Crippen LogP contribution < -0.4 is 10.1 Å². The number of hydrogen-bond donors (Lipinski definition) is 1. The van der Waals surface area contributed by atoms with Crippen LogP contribution in [0.3, 0.4) is 0 Å². The lowest BCUT2D eigenvalue weighted by Crippen LogP contribution is -2.12. The van der Waals surface area contributed by atoms with Gasteiger partial charge >= 0.3 is 0 Å². The molecule has 0 radical (unpaired) electrons. The zero-order valence-corrected chi connectivity index (χ0v) is 16.2. The summed E-state index contributed by atoms with van der Waals surface area (Å²) in [7, 11) is 0. The Kier molecular flexibility index (Phi) is 7.13. The van der Waals surface area contributed by atoms with Crippen molar-refractivity contribution in [2.75, 3.05) is 11.9 Å². The van der Waals surface area contributed by atoms with E-state index in [-0.39, 0.29) is 5.91 Å². The molecule has 0 spiro atoms. The molecule has 5 heteroatoms. The van der Waals surface area contributed by atoms with Crippen LogP contribution in [0.15, 0.2) is 46.9 Å². The lowest BCUT2D eigenvalue weighted by molar-refractivity contribution is -0.116. The topological polar surface area (TPSA) is 38.3 Å². The van der Waals surface area contributed by atoms with Crippen molar-refractivity contribution in [1.29, 1.82) is 0 Å². The molecule has 0 aliphatic rings. The Morgan fingerprint density at radius 1 is 1.21 bits per heavy atom. The van der Waals surface area contributed by atoms with Crippen molar-refractivity contribution in [1.82, 2.24) is 0 Å². The van der Waals surface area contributed by atoms with Crippen molar-refractivity contribution >= 4 is 39.1 Å². The molecule has 0 aliphatic heterocycles. The van der Waals surface area contributed by atoms with Crippen LogP contribution in [-0.4, -0.2) is 12.5 Å². The van der Waals surface area contributed by atoms with Crippen molar-refractivity contribution in [2.45, 2.75) is 32.6 Å². The van der Waals surface area contributed by atoms with Gasteiger partial charge in [-0.15, -0.1) is 0 Å². The second-order valence-electron chi connectivity index (χ2n) is 5.85. The Balaban J connectivity index is 1.74. The maximum Gasteiger partial charge on any atom is 0.224 e. The standard InChI is InChI=1S/C19H21BrClNO2/c1-13(2)14-5-10-18(17(20)12-14)24-11-3-4-19(23)22-16-8-6-15(21)7-9-16/h5-10,12-13H,3-4,11H2,1-2H3,(H,22,23). The average molecular weight is 411 g/mol. The number of amides is 1. The highest BCUT2D eigenvalue weighted by Crippen LogP contribution is 2.29. The molecule has 128 valence electrons. The van der Waals surface area contributed by atoms with Gasteiger partial charge in [-0.05, 0) is 70.2 Å². The van der Waals surface area contributed by atoms with E-state index in [4.69, 9.17) is 16.3 Å². The molecule has 0 fully saturated rings. The van der Waals surface area contributed by atoms with Crippen LogP contribution in [-0.2, 0) is 4.79 Å². The molecule has 1 amide bonds. The van der Waals surface area contributed by atoms with Gasteiger partial charge in [-0.25, -0.2) is 0 Å². The molecule has 0 aliphatic carbocycles. The van der Waals surface area contributed by atoms with E-state index in [1.807, 2.05) is 6.07 Å². The highest BCUT2D eigenvalue weighted by Gasteiger charge is 2.06. The Morgan fingerprint density at radius 3 is 2.54 bits per heavy atom. The molecule has 3 nitrogen and oxygen atoms in total. The van der Waals surface area contributed by atoms with E-state index >= 15 is 0 Å². The highest BCUT2D eigenvalue weighted by molar-refractivity contribution is 9.10. The predicted octanol–water partition coefficient (Wildman–Crippen LogP) is 6.02. The summed E-state index contributed by atoms with van der Waals surface area (Å²) in [6, 6.07) is 13.2. The van der Waals surface area contributed by atoms with Gasteiger partial charge in [0.15, 0.2) is 0 Å². The molecular weight excluding hydrogens is 390 g/mol. The molecule has 0 atom stereocenters. The number of halogens is 2. The second kappa shape index (κ2) is 9.09. The van der Waals surface area contributed by atoms with Gasteiger partial charge in [0.25, 0.3) is 0 Å². The van der Waals surface area contributed by atoms with Gasteiger partial charge in [-0.3, -0.25) is 4.79 Å². The molecule has 2 aromatic carbocycles. The van der Waals surface area contributed by atoms with Crippen LogP contribution in [0.5, 0.6) is 5.75 Å². The number of ether oxygens (including phenoxy) is 1. The fourth-order valence-corrected chi connectivity index (χ4v) is 2.80. The van der Waals surface area contributed by atoms with E-state index in [9.17, 15) is 4.79 Å². The third-order valence-electron chi connectivity index (χ3n) is 3.56. The van der Waals surface area contributed by atoms with Gasteiger partial charge in [-0.1, -0.05) is 31.5 Å². The number of nitrogens with one attached hydrogen (secondary N) is 1. The van der Waals surface area contributed by atoms with Gasteiger partial charge in [0.2, 0.25) is 5.91 Å². The molecule has 0 aromatic heterocycles. The molecular formula is C19H21BrClNO2. The van der Waals surface area contributed by atoms with Gasteiger partial charge in [0.1, 0.15) is 5.75 Å². The molecule has 24 heavy (non-hydrogen) atoms. The molecule has 0 unspecified atom stereocenters. The fourth-order valence-electron chi connectivity index (χ4n) is 2.16. The number of carbonyl (C=O) groups excluding carboxylic acids is 1. The SMILES string of the molecule is CC(C)c1ccc(OCCCC(=O)Nc2ccc(Cl)cc2)c(Br)c1. The number of hydrogen-bond acceptors (Lipinski definition) is 2. The van der Waals surface area contributed by atoms with Crippen molar-refractivity contribution < 1.29 is 9.53 Å². The number of anilines is 1. The quantitative estimate of drug-likeness (QED) is 0.566. The Morgan fingerprint density at radius 2 is 1.92 bits per heavy atom. The van der Waals surface area contributed by atoms with Crippen LogP contribution in [0.2, 0.25) is 5.02 Å². The lowest BCUT2D eigenvalue weighted by Gasteiger charge is -2.11. The molecule has 1 N–H and O–H groups in total. The first-order valence-corrected chi connectivity index (χ1v) is 9.10. The lowest BCUT2D eigenvalue weighted by atomic mass is 10.0. The molecule has 2 rings (SSSR count). The van der Waals surface area contributed by atoms with Gasteiger partial charge in [0.05, 0.1) is 11.1 Å². The van der Waals surface area contributed by atoms with Crippen molar-refractivity contribution in [2.24, 2.45) is 0 Å². The molecule has 0 saturated carbocycles. The minimum atomic E-state index is -0.0323. The number of benzene rings is 2. The fraction of sp³-hybridized carbons (Fsp3) is 0.316. The summed E-state index contributed by atoms with van der Waals surface area (Å²) in [4.78, 5) is 11.9. The Labute approximate surface area is 156 Å². The van der Waals surface area contributed by atoms with E-state index in [1.54, 1.807) is 24.3 Å². The largest absolute Gasteiger partial charge is 0.492 e. The van der Waals surface area contributed by atoms with E-state index in [1.165, 1.54) is 5.56 Å². The summed E-state index contributed by atoms with van der Waals surface area (Å²) in [5.41, 5.74) is 2.01. The van der Waals surface area contributed by atoms with Crippen LogP contribution in [0.1, 0.15) is 38.2 Å². The van der Waals surface area contributed by atoms with Gasteiger partial charge in [-0.2, -0.15) is 0 Å². The van der Waals surface area contributed by atoms with E-state index in [0.717, 1.165) is 15.9 Å². The average Bonchev–Trinajstić information content (AvgIpc) is 2.54. The zero-order valence-electron chi connectivity index (χ0n) is 13.8. The first-order valence-electron chi connectivity index (χ1n) is 7.93. The molecule has 2 aromatic rings. The van der Waals surface area contributed by atoms with Crippen LogP contribution in [0.25, 0.3) is 0 Å². The minimum Gasteiger partial charge on any atom is -0.492 e. The highest BCUT2D eigenvalue weighted by atomic mass is 79.9. The normalized spacial score (nSPS) is 10.7. The van der Waals surface area contributed by atoms with Crippen LogP contribution >= 0.6 is 27.5 Å². The molecule has 0 bridgehead atoms. The van der Waals surface area contributed by atoms with Crippen LogP contribution in [0.4, 0.5) is 5.69 Å². The van der Waals surface area contributed by atoms with Crippen molar-refractivity contribution in [3.63, 3.8) is 0 Å². The number of carbonyl (C=O) groups is 1. The second-order valence-corrected chi connectivity index (χ2v) is 7.14. The summed E-state index contributed by atoms with van der Waals surface area (Å²) in [6.07, 6.45) is 1.06.